The molecule has 1 aliphatic carbocycles. The summed E-state index contributed by atoms with van der Waals surface area (Å²) in [5.74, 6) is -0.929. The van der Waals surface area contributed by atoms with Crippen LogP contribution in [0.2, 0.25) is 0 Å². The Morgan fingerprint density at radius 3 is 2.07 bits per heavy atom. The highest BCUT2D eigenvalue weighted by molar-refractivity contribution is 6.65. The molecule has 4 atom stereocenters. The summed E-state index contributed by atoms with van der Waals surface area (Å²) in [6.45, 7) is 24.8. The first-order valence-electron chi connectivity index (χ1n) is 20.0. The zero-order valence-electron chi connectivity index (χ0n) is 35.5. The fourth-order valence-corrected chi connectivity index (χ4v) is 7.78. The largest absolute Gasteiger partial charge is 0.497 e. The number of aromatic nitrogens is 3. The van der Waals surface area contributed by atoms with Crippen molar-refractivity contribution in [2.75, 3.05) is 26.2 Å². The topological polar surface area (TPSA) is 127 Å². The summed E-state index contributed by atoms with van der Waals surface area (Å²) in [7, 11) is -0.601. The molecule has 3 aliphatic rings. The number of amides is 2. The molecule has 0 spiro atoms. The predicted molar refractivity (Wildman–Crippen MR) is 215 cm³/mol. The molecule has 56 heavy (non-hydrogen) atoms. The van der Waals surface area contributed by atoms with Crippen LogP contribution in [0.15, 0.2) is 49.1 Å². The molecule has 14 heteroatoms. The molecule has 0 bridgehead atoms. The number of fused-ring (bicyclic) bond motifs is 2. The molecule has 0 unspecified atom stereocenters. The van der Waals surface area contributed by atoms with E-state index < -0.39 is 41.4 Å². The molecule has 2 saturated heterocycles. The van der Waals surface area contributed by atoms with Gasteiger partial charge in [-0.3, -0.25) is 0 Å². The van der Waals surface area contributed by atoms with Crippen LogP contribution in [0.25, 0.3) is 11.0 Å². The number of hydrogen-bond donors (Lipinski definition) is 0. The second kappa shape index (κ2) is 15.6. The van der Waals surface area contributed by atoms with E-state index in [1.165, 1.54) is 0 Å². The van der Waals surface area contributed by atoms with Gasteiger partial charge in [-0.05, 0) is 108 Å². The van der Waals surface area contributed by atoms with Gasteiger partial charge in [-0.15, -0.1) is 0 Å². The van der Waals surface area contributed by atoms with E-state index in [0.717, 1.165) is 22.1 Å². The Kier molecular flexibility index (Phi) is 11.6. The van der Waals surface area contributed by atoms with Crippen molar-refractivity contribution < 1.29 is 37.8 Å². The van der Waals surface area contributed by atoms with E-state index in [-0.39, 0.29) is 30.3 Å². The van der Waals surface area contributed by atoms with Crippen molar-refractivity contribution in [1.82, 2.24) is 24.3 Å². The van der Waals surface area contributed by atoms with E-state index in [1.54, 1.807) is 16.1 Å². The maximum Gasteiger partial charge on any atom is 0.497 e. The number of rotatable bonds is 11. The van der Waals surface area contributed by atoms with Crippen molar-refractivity contribution in [1.29, 1.82) is 0 Å². The average Bonchev–Trinajstić information content (AvgIpc) is 3.77. The summed E-state index contributed by atoms with van der Waals surface area (Å²) in [5.41, 5.74) is 0.368. The molecule has 13 nitrogen and oxygen atoms in total. The first-order valence-corrected chi connectivity index (χ1v) is 20.0. The van der Waals surface area contributed by atoms with Crippen LogP contribution in [0, 0.1) is 5.92 Å². The van der Waals surface area contributed by atoms with Crippen molar-refractivity contribution in [2.24, 2.45) is 5.92 Å². The molecule has 4 heterocycles. The zero-order valence-corrected chi connectivity index (χ0v) is 35.5. The maximum atomic E-state index is 13.9. The number of nitrogens with zero attached hydrogens (tertiary/aromatic N) is 5. The maximum absolute atomic E-state index is 13.9. The number of carbonyl (C=O) groups excluding carboxylic acids is 2. The molecule has 2 aromatic heterocycles. The predicted octanol–water partition coefficient (Wildman–Crippen LogP) is 6.92. The van der Waals surface area contributed by atoms with Crippen LogP contribution in [0.5, 0.6) is 0 Å². The fourth-order valence-electron chi connectivity index (χ4n) is 7.78. The van der Waals surface area contributed by atoms with Gasteiger partial charge in [0.05, 0.1) is 23.3 Å². The lowest BCUT2D eigenvalue weighted by Crippen LogP contribution is -2.44. The summed E-state index contributed by atoms with van der Waals surface area (Å²) in [6.07, 6.45) is 5.89. The van der Waals surface area contributed by atoms with E-state index in [0.29, 0.717) is 45.4 Å². The zero-order chi connectivity index (χ0) is 40.8. The average molecular weight is 776 g/mol. The molecule has 306 valence electrons. The molecular formula is C42H62BN5O8. The molecular weight excluding hydrogens is 713 g/mol. The van der Waals surface area contributed by atoms with Crippen molar-refractivity contribution in [3.63, 3.8) is 0 Å². The highest BCUT2D eigenvalue weighted by atomic mass is 16.8. The van der Waals surface area contributed by atoms with Crippen LogP contribution in [0.3, 0.4) is 0 Å². The normalized spacial score (nSPS) is 24.0. The molecule has 2 amide bonds. The molecule has 1 aromatic carbocycles. The first-order chi connectivity index (χ1) is 26.0. The van der Waals surface area contributed by atoms with E-state index in [1.807, 2.05) is 107 Å². The van der Waals surface area contributed by atoms with Crippen molar-refractivity contribution in [2.45, 2.75) is 149 Å². The second-order valence-corrected chi connectivity index (χ2v) is 19.0. The number of carbonyl (C=O) groups is 2. The molecule has 0 N–H and O–H groups in total. The SMILES string of the molecule is CC(C)(C)OC(=O)N(CCCN(C[C@H]1C[C@@H](n2cc(B3OC(C)(C)C(C)(C)O3)c3cncnc32)[C@@H]2OC(C)(C)O[C@H]12)C(=O)OC(C)(C)C)CCc1ccccc1. The third-order valence-corrected chi connectivity index (χ3v) is 11.1. The summed E-state index contributed by atoms with van der Waals surface area (Å²) in [4.78, 5) is 39.9. The van der Waals surface area contributed by atoms with Gasteiger partial charge in [0.25, 0.3) is 0 Å². The van der Waals surface area contributed by atoms with Gasteiger partial charge in [0.1, 0.15) is 29.3 Å². The molecule has 3 aromatic rings. The Morgan fingerprint density at radius 2 is 1.45 bits per heavy atom. The highest BCUT2D eigenvalue weighted by Gasteiger charge is 2.56. The van der Waals surface area contributed by atoms with E-state index in [9.17, 15) is 9.59 Å². The van der Waals surface area contributed by atoms with Crippen LogP contribution < -0.4 is 5.46 Å². The minimum atomic E-state index is -0.831. The molecule has 3 fully saturated rings. The van der Waals surface area contributed by atoms with Crippen molar-refractivity contribution in [3.8, 4) is 0 Å². The first kappa shape index (κ1) is 41.9. The highest BCUT2D eigenvalue weighted by Crippen LogP contribution is 2.48. The van der Waals surface area contributed by atoms with Gasteiger partial charge in [-0.1, -0.05) is 30.3 Å². The van der Waals surface area contributed by atoms with Gasteiger partial charge in [0.15, 0.2) is 5.79 Å². The van der Waals surface area contributed by atoms with Gasteiger partial charge in [0, 0.05) is 55.3 Å². The van der Waals surface area contributed by atoms with Crippen LogP contribution in [-0.2, 0) is 34.7 Å². The van der Waals surface area contributed by atoms with Gasteiger partial charge in [0.2, 0.25) is 0 Å². The van der Waals surface area contributed by atoms with Crippen LogP contribution in [0.1, 0.15) is 108 Å². The third kappa shape index (κ3) is 9.52. The Balaban J connectivity index is 1.24. The number of hydrogen-bond acceptors (Lipinski definition) is 10. The van der Waals surface area contributed by atoms with Crippen LogP contribution >= 0.6 is 0 Å². The van der Waals surface area contributed by atoms with E-state index in [4.69, 9.17) is 33.2 Å². The Hall–Kier alpha value is -3.72. The second-order valence-electron chi connectivity index (χ2n) is 19.0. The molecule has 1 saturated carbocycles. The Labute approximate surface area is 332 Å². The van der Waals surface area contributed by atoms with Crippen molar-refractivity contribution in [3.05, 3.63) is 54.6 Å². The van der Waals surface area contributed by atoms with Gasteiger partial charge >= 0.3 is 19.3 Å². The summed E-state index contributed by atoms with van der Waals surface area (Å²) in [5, 5.41) is 0.848. The minimum absolute atomic E-state index is 0.0982. The number of benzene rings is 1. The number of ether oxygens (including phenoxy) is 4. The molecule has 0 radical (unpaired) electrons. The third-order valence-electron chi connectivity index (χ3n) is 11.1. The van der Waals surface area contributed by atoms with Gasteiger partial charge < -0.3 is 42.6 Å². The van der Waals surface area contributed by atoms with Gasteiger partial charge in [-0.25, -0.2) is 19.6 Å². The Bertz CT molecular complexity index is 1840. The standard InChI is InChI=1S/C42H62BN5O8/c1-38(2,3)53-36(49)46(22-19-28-17-14-13-15-18-28)20-16-21-47(37(50)54-39(4,5)6)25-29-23-32(34-33(29)51-42(11,12)52-34)48-26-31(30-24-44-27-45-35(30)48)43-55-40(7,8)41(9,10)56-43/h13-15,17-18,24,26-27,29,32-34H,16,19-23,25H2,1-12H3/t29-,32-,33-,34+/m1/s1. The summed E-state index contributed by atoms with van der Waals surface area (Å²) < 4.78 is 40.2. The molecule has 2 aliphatic heterocycles. The molecule has 6 rings (SSSR count). The lowest BCUT2D eigenvalue weighted by Gasteiger charge is -2.32. The lowest BCUT2D eigenvalue weighted by atomic mass is 9.79. The summed E-state index contributed by atoms with van der Waals surface area (Å²) >= 11 is 0. The van der Waals surface area contributed by atoms with E-state index in [2.05, 4.69) is 27.9 Å². The fraction of sp³-hybridized carbons (Fsp3) is 0.667. The van der Waals surface area contributed by atoms with Crippen LogP contribution in [-0.4, -0.2) is 110 Å². The van der Waals surface area contributed by atoms with Gasteiger partial charge in [-0.2, -0.15) is 0 Å². The van der Waals surface area contributed by atoms with Crippen LogP contribution in [0.4, 0.5) is 9.59 Å². The smallest absolute Gasteiger partial charge is 0.444 e. The minimum Gasteiger partial charge on any atom is -0.444 e. The monoisotopic (exact) mass is 775 g/mol. The Morgan fingerprint density at radius 1 is 0.857 bits per heavy atom. The van der Waals surface area contributed by atoms with E-state index >= 15 is 0 Å². The lowest BCUT2D eigenvalue weighted by molar-refractivity contribution is -0.160. The van der Waals surface area contributed by atoms with Crippen molar-refractivity contribution >= 4 is 35.8 Å². The summed E-state index contributed by atoms with van der Waals surface area (Å²) in [6, 6.07) is 9.91. The quantitative estimate of drug-likeness (QED) is 0.190.